The van der Waals surface area contributed by atoms with Crippen LogP contribution in [0.1, 0.15) is 5.56 Å². The van der Waals surface area contributed by atoms with Crippen LogP contribution < -0.4 is 4.74 Å². The molecule has 0 heterocycles. The van der Waals surface area contributed by atoms with Gasteiger partial charge in [0, 0.05) is 6.07 Å². The minimum absolute atomic E-state index is 0.102. The molecule has 0 bridgehead atoms. The Morgan fingerprint density at radius 1 is 1.06 bits per heavy atom. The van der Waals surface area contributed by atoms with Crippen molar-refractivity contribution in [3.05, 3.63) is 57.8 Å². The van der Waals surface area contributed by atoms with Crippen molar-refractivity contribution in [2.45, 2.75) is 6.61 Å². The number of halogens is 3. The number of phenolic OH excluding ortho intramolecular Hbond substituents is 1. The second-order valence-corrected chi connectivity index (χ2v) is 4.46. The van der Waals surface area contributed by atoms with Crippen molar-refractivity contribution in [3.63, 3.8) is 0 Å². The van der Waals surface area contributed by atoms with Crippen molar-refractivity contribution in [3.8, 4) is 11.5 Å². The molecule has 0 unspecified atom stereocenters. The van der Waals surface area contributed by atoms with E-state index in [4.69, 9.17) is 27.9 Å². The molecule has 2 nitrogen and oxygen atoms in total. The summed E-state index contributed by atoms with van der Waals surface area (Å²) in [7, 11) is 0. The third kappa shape index (κ3) is 3.06. The Balaban J connectivity index is 2.10. The van der Waals surface area contributed by atoms with Crippen LogP contribution in [0.4, 0.5) is 4.39 Å². The number of aromatic hydroxyl groups is 1. The van der Waals surface area contributed by atoms with Crippen LogP contribution in [-0.2, 0) is 6.61 Å². The molecule has 2 rings (SSSR count). The van der Waals surface area contributed by atoms with Gasteiger partial charge in [-0.15, -0.1) is 0 Å². The van der Waals surface area contributed by atoms with Gasteiger partial charge >= 0.3 is 0 Å². The zero-order valence-electron chi connectivity index (χ0n) is 9.16. The molecule has 0 aliphatic rings. The van der Waals surface area contributed by atoms with Crippen molar-refractivity contribution >= 4 is 23.2 Å². The second kappa shape index (κ2) is 5.46. The maximum absolute atomic E-state index is 12.7. The van der Waals surface area contributed by atoms with E-state index in [0.29, 0.717) is 10.8 Å². The van der Waals surface area contributed by atoms with E-state index in [1.165, 1.54) is 24.3 Å². The van der Waals surface area contributed by atoms with E-state index >= 15 is 0 Å². The van der Waals surface area contributed by atoms with Crippen molar-refractivity contribution in [1.82, 2.24) is 0 Å². The van der Waals surface area contributed by atoms with Crippen LogP contribution in [-0.4, -0.2) is 5.11 Å². The second-order valence-electron chi connectivity index (χ2n) is 3.65. The third-order valence-corrected chi connectivity index (χ3v) is 2.91. The molecule has 0 fully saturated rings. The maximum atomic E-state index is 12.7. The summed E-state index contributed by atoms with van der Waals surface area (Å²) in [6.45, 7) is 0.223. The van der Waals surface area contributed by atoms with Crippen LogP contribution in [0.3, 0.4) is 0 Å². The summed E-state index contributed by atoms with van der Waals surface area (Å²) in [5, 5.41) is 9.90. The quantitative estimate of drug-likeness (QED) is 0.905. The van der Waals surface area contributed by atoms with Gasteiger partial charge in [-0.05, 0) is 23.8 Å². The van der Waals surface area contributed by atoms with E-state index in [-0.39, 0.29) is 23.2 Å². The highest BCUT2D eigenvalue weighted by Crippen LogP contribution is 2.35. The van der Waals surface area contributed by atoms with Crippen molar-refractivity contribution < 1.29 is 14.2 Å². The average molecular weight is 287 g/mol. The molecule has 0 aliphatic heterocycles. The Kier molecular flexibility index (Phi) is 3.94. The highest BCUT2D eigenvalue weighted by Gasteiger charge is 2.07. The number of benzene rings is 2. The van der Waals surface area contributed by atoms with Crippen molar-refractivity contribution in [2.24, 2.45) is 0 Å². The normalized spacial score (nSPS) is 10.4. The zero-order chi connectivity index (χ0) is 13.1. The lowest BCUT2D eigenvalue weighted by molar-refractivity contribution is 0.304. The molecule has 1 N–H and O–H groups in total. The molecule has 94 valence electrons. The lowest BCUT2D eigenvalue weighted by Gasteiger charge is -2.09. The molecule has 0 atom stereocenters. The Morgan fingerprint density at radius 3 is 2.39 bits per heavy atom. The van der Waals surface area contributed by atoms with Gasteiger partial charge in [0.15, 0.2) is 0 Å². The fourth-order valence-electron chi connectivity index (χ4n) is 1.37. The summed E-state index contributed by atoms with van der Waals surface area (Å²) in [5.74, 6) is -0.0843. The molecule has 0 radical (unpaired) electrons. The molecule has 18 heavy (non-hydrogen) atoms. The smallest absolute Gasteiger partial charge is 0.142 e. The van der Waals surface area contributed by atoms with Gasteiger partial charge in [-0.2, -0.15) is 0 Å². The van der Waals surface area contributed by atoms with Crippen LogP contribution in [0, 0.1) is 5.82 Å². The highest BCUT2D eigenvalue weighted by atomic mass is 35.5. The molecule has 5 heteroatoms. The van der Waals surface area contributed by atoms with Gasteiger partial charge in [-0.1, -0.05) is 35.3 Å². The van der Waals surface area contributed by atoms with E-state index in [1.54, 1.807) is 12.1 Å². The maximum Gasteiger partial charge on any atom is 0.142 e. The first-order valence-electron chi connectivity index (χ1n) is 5.11. The fraction of sp³-hybridized carbons (Fsp3) is 0.0769. The van der Waals surface area contributed by atoms with Gasteiger partial charge < -0.3 is 9.84 Å². The third-order valence-electron chi connectivity index (χ3n) is 2.31. The largest absolute Gasteiger partial charge is 0.506 e. The highest BCUT2D eigenvalue weighted by molar-refractivity contribution is 6.36. The van der Waals surface area contributed by atoms with E-state index in [2.05, 4.69) is 0 Å². The monoisotopic (exact) mass is 286 g/mol. The Labute approximate surface area is 114 Å². The summed E-state index contributed by atoms with van der Waals surface area (Å²) in [4.78, 5) is 0. The van der Waals surface area contributed by atoms with Gasteiger partial charge in [0.05, 0.1) is 10.0 Å². The predicted octanol–water partition coefficient (Wildman–Crippen LogP) is 4.42. The van der Waals surface area contributed by atoms with Gasteiger partial charge in [0.1, 0.15) is 23.9 Å². The average Bonchev–Trinajstić information content (AvgIpc) is 2.34. The minimum atomic E-state index is -0.305. The topological polar surface area (TPSA) is 29.5 Å². The number of rotatable bonds is 3. The fourth-order valence-corrected chi connectivity index (χ4v) is 1.81. The predicted molar refractivity (Wildman–Crippen MR) is 68.9 cm³/mol. The standard InChI is InChI=1S/C13H9Cl2FO2/c14-10-5-11(15)13(6-12(10)17)18-7-8-1-3-9(16)4-2-8/h1-6,17H,7H2. The first kappa shape index (κ1) is 13.0. The molecule has 0 spiro atoms. The summed E-state index contributed by atoms with van der Waals surface area (Å²) in [6, 6.07) is 8.66. The summed E-state index contributed by atoms with van der Waals surface area (Å²) < 4.78 is 18.1. The zero-order valence-corrected chi connectivity index (χ0v) is 10.7. The first-order chi connectivity index (χ1) is 8.56. The molecule has 0 saturated heterocycles. The summed E-state index contributed by atoms with van der Waals surface area (Å²) >= 11 is 11.6. The Hall–Kier alpha value is -1.45. The molecule has 0 amide bonds. The molecule has 2 aromatic carbocycles. The molecule has 0 aliphatic carbocycles. The van der Waals surface area contributed by atoms with Crippen LogP contribution in [0.25, 0.3) is 0 Å². The van der Waals surface area contributed by atoms with Crippen LogP contribution in [0.2, 0.25) is 10.0 Å². The lowest BCUT2D eigenvalue weighted by Crippen LogP contribution is -1.96. The number of hydrogen-bond donors (Lipinski definition) is 1. The summed E-state index contributed by atoms with van der Waals surface area (Å²) in [6.07, 6.45) is 0. The van der Waals surface area contributed by atoms with Gasteiger partial charge in [0.25, 0.3) is 0 Å². The van der Waals surface area contributed by atoms with Crippen molar-refractivity contribution in [1.29, 1.82) is 0 Å². The lowest BCUT2D eigenvalue weighted by atomic mass is 10.2. The van der Waals surface area contributed by atoms with Gasteiger partial charge in [0.2, 0.25) is 0 Å². The van der Waals surface area contributed by atoms with Gasteiger partial charge in [-0.25, -0.2) is 4.39 Å². The van der Waals surface area contributed by atoms with Crippen LogP contribution in [0.15, 0.2) is 36.4 Å². The minimum Gasteiger partial charge on any atom is -0.506 e. The molecule has 2 aromatic rings. The van der Waals surface area contributed by atoms with E-state index in [9.17, 15) is 9.50 Å². The van der Waals surface area contributed by atoms with E-state index < -0.39 is 0 Å². The number of hydrogen-bond acceptors (Lipinski definition) is 2. The molecular formula is C13H9Cl2FO2. The summed E-state index contributed by atoms with van der Waals surface area (Å²) in [5.41, 5.74) is 0.793. The Bertz CT molecular complexity index is 556. The number of ether oxygens (including phenoxy) is 1. The van der Waals surface area contributed by atoms with Gasteiger partial charge in [-0.3, -0.25) is 0 Å². The first-order valence-corrected chi connectivity index (χ1v) is 5.87. The van der Waals surface area contributed by atoms with Crippen LogP contribution >= 0.6 is 23.2 Å². The SMILES string of the molecule is Oc1cc(OCc2ccc(F)cc2)c(Cl)cc1Cl. The van der Waals surface area contributed by atoms with E-state index in [1.807, 2.05) is 0 Å². The van der Waals surface area contributed by atoms with E-state index in [0.717, 1.165) is 5.56 Å². The van der Waals surface area contributed by atoms with Crippen molar-refractivity contribution in [2.75, 3.05) is 0 Å². The molecular weight excluding hydrogens is 278 g/mol. The number of phenols is 1. The Morgan fingerprint density at radius 2 is 1.72 bits per heavy atom. The molecule has 0 aromatic heterocycles. The molecule has 0 saturated carbocycles. The van der Waals surface area contributed by atoms with Crippen LogP contribution in [0.5, 0.6) is 11.5 Å².